The van der Waals surface area contributed by atoms with E-state index in [-0.39, 0.29) is 0 Å². The van der Waals surface area contributed by atoms with E-state index in [1.54, 1.807) is 0 Å². The molecule has 0 aliphatic rings. The van der Waals surface area contributed by atoms with E-state index in [4.69, 9.17) is 4.74 Å². The molecule has 0 fully saturated rings. The second-order valence-electron chi connectivity index (χ2n) is 4.02. The van der Waals surface area contributed by atoms with Gasteiger partial charge in [-0.2, -0.15) is 0 Å². The number of benzene rings is 1. The molecule has 0 atom stereocenters. The molecule has 0 unspecified atom stereocenters. The van der Waals surface area contributed by atoms with Crippen molar-refractivity contribution in [3.63, 3.8) is 0 Å². The minimum atomic E-state index is 0.729. The summed E-state index contributed by atoms with van der Waals surface area (Å²) in [7, 11) is 0. The van der Waals surface area contributed by atoms with Gasteiger partial charge in [-0.1, -0.05) is 25.1 Å². The van der Waals surface area contributed by atoms with E-state index < -0.39 is 0 Å². The van der Waals surface area contributed by atoms with Crippen molar-refractivity contribution < 1.29 is 4.74 Å². The van der Waals surface area contributed by atoms with Crippen LogP contribution in [0.5, 0.6) is 5.75 Å². The second-order valence-corrected chi connectivity index (χ2v) is 4.02. The lowest BCUT2D eigenvalue weighted by molar-refractivity contribution is 0.313. The average molecular weight is 236 g/mol. The van der Waals surface area contributed by atoms with Gasteiger partial charge in [0.2, 0.25) is 0 Å². The van der Waals surface area contributed by atoms with E-state index in [0.717, 1.165) is 38.5 Å². The molecule has 96 valence electrons. The predicted molar refractivity (Wildman–Crippen MR) is 72.6 cm³/mol. The molecule has 2 N–H and O–H groups in total. The Kier molecular flexibility index (Phi) is 8.33. The molecule has 17 heavy (non-hydrogen) atoms. The molecule has 3 nitrogen and oxygen atoms in total. The SMILES string of the molecule is CCCNCCCNCCOc1ccccc1. The molecule has 0 amide bonds. The molecule has 0 radical (unpaired) electrons. The minimum absolute atomic E-state index is 0.729. The van der Waals surface area contributed by atoms with E-state index in [1.165, 1.54) is 12.8 Å². The Morgan fingerprint density at radius 2 is 1.65 bits per heavy atom. The van der Waals surface area contributed by atoms with Gasteiger partial charge in [0, 0.05) is 6.54 Å². The lowest BCUT2D eigenvalue weighted by Gasteiger charge is -2.07. The summed E-state index contributed by atoms with van der Waals surface area (Å²) in [5.74, 6) is 0.943. The zero-order valence-electron chi connectivity index (χ0n) is 10.7. The third-order valence-electron chi connectivity index (χ3n) is 2.42. The Morgan fingerprint density at radius 3 is 2.35 bits per heavy atom. The normalized spacial score (nSPS) is 10.4. The summed E-state index contributed by atoms with van der Waals surface area (Å²) >= 11 is 0. The van der Waals surface area contributed by atoms with Crippen LogP contribution in [0.25, 0.3) is 0 Å². The van der Waals surface area contributed by atoms with E-state index in [0.29, 0.717) is 0 Å². The highest BCUT2D eigenvalue weighted by molar-refractivity contribution is 5.20. The first kappa shape index (κ1) is 14.0. The van der Waals surface area contributed by atoms with Crippen molar-refractivity contribution in [2.24, 2.45) is 0 Å². The number of ether oxygens (including phenoxy) is 1. The first-order chi connectivity index (χ1) is 8.43. The number of rotatable bonds is 10. The predicted octanol–water partition coefficient (Wildman–Crippen LogP) is 2.04. The van der Waals surface area contributed by atoms with Gasteiger partial charge in [-0.3, -0.25) is 0 Å². The number of nitrogens with one attached hydrogen (secondary N) is 2. The molecule has 1 rings (SSSR count). The maximum atomic E-state index is 5.57. The molecule has 1 aromatic rings. The van der Waals surface area contributed by atoms with Crippen LogP contribution in [0.1, 0.15) is 19.8 Å². The molecule has 0 bridgehead atoms. The van der Waals surface area contributed by atoms with E-state index in [2.05, 4.69) is 17.6 Å². The Balaban J connectivity index is 1.85. The minimum Gasteiger partial charge on any atom is -0.492 e. The first-order valence-electron chi connectivity index (χ1n) is 6.52. The van der Waals surface area contributed by atoms with Crippen molar-refractivity contribution in [3.05, 3.63) is 30.3 Å². The highest BCUT2D eigenvalue weighted by Crippen LogP contribution is 2.07. The van der Waals surface area contributed by atoms with Gasteiger partial charge in [0.25, 0.3) is 0 Å². The van der Waals surface area contributed by atoms with Crippen molar-refractivity contribution >= 4 is 0 Å². The topological polar surface area (TPSA) is 33.3 Å². The van der Waals surface area contributed by atoms with Gasteiger partial charge in [-0.05, 0) is 44.6 Å². The highest BCUT2D eigenvalue weighted by atomic mass is 16.5. The van der Waals surface area contributed by atoms with Crippen LogP contribution in [0.15, 0.2) is 30.3 Å². The van der Waals surface area contributed by atoms with Crippen LogP contribution < -0.4 is 15.4 Å². The van der Waals surface area contributed by atoms with Crippen LogP contribution >= 0.6 is 0 Å². The molecule has 0 aliphatic carbocycles. The average Bonchev–Trinajstić information content (AvgIpc) is 2.38. The zero-order chi connectivity index (χ0) is 12.2. The summed E-state index contributed by atoms with van der Waals surface area (Å²) in [6.45, 7) is 7.09. The van der Waals surface area contributed by atoms with Gasteiger partial charge in [-0.15, -0.1) is 0 Å². The van der Waals surface area contributed by atoms with E-state index >= 15 is 0 Å². The van der Waals surface area contributed by atoms with Gasteiger partial charge in [0.1, 0.15) is 12.4 Å². The maximum Gasteiger partial charge on any atom is 0.119 e. The Bertz CT molecular complexity index is 264. The summed E-state index contributed by atoms with van der Waals surface area (Å²) in [5.41, 5.74) is 0. The Hall–Kier alpha value is -1.06. The standard InChI is InChI=1S/C14H24N2O/c1-2-9-15-10-6-11-16-12-13-17-14-7-4-3-5-8-14/h3-5,7-8,15-16H,2,6,9-13H2,1H3. The molecule has 0 heterocycles. The van der Waals surface area contributed by atoms with Gasteiger partial charge in [-0.25, -0.2) is 0 Å². The maximum absolute atomic E-state index is 5.57. The van der Waals surface area contributed by atoms with Crippen molar-refractivity contribution in [3.8, 4) is 5.75 Å². The third-order valence-corrected chi connectivity index (χ3v) is 2.42. The van der Waals surface area contributed by atoms with Crippen molar-refractivity contribution in [2.45, 2.75) is 19.8 Å². The quantitative estimate of drug-likeness (QED) is 0.610. The summed E-state index contributed by atoms with van der Waals surface area (Å²) in [4.78, 5) is 0. The zero-order valence-corrected chi connectivity index (χ0v) is 10.7. The van der Waals surface area contributed by atoms with Gasteiger partial charge in [0.15, 0.2) is 0 Å². The summed E-state index contributed by atoms with van der Waals surface area (Å²) in [5, 5.41) is 6.75. The summed E-state index contributed by atoms with van der Waals surface area (Å²) in [6.07, 6.45) is 2.38. The molecule has 0 spiro atoms. The number of hydrogen-bond donors (Lipinski definition) is 2. The van der Waals surface area contributed by atoms with Gasteiger partial charge < -0.3 is 15.4 Å². The number of hydrogen-bond acceptors (Lipinski definition) is 3. The fourth-order valence-corrected chi connectivity index (χ4v) is 1.52. The molecule has 1 aromatic carbocycles. The fourth-order valence-electron chi connectivity index (χ4n) is 1.52. The molecular formula is C14H24N2O. The van der Waals surface area contributed by atoms with Gasteiger partial charge in [0.05, 0.1) is 0 Å². The highest BCUT2D eigenvalue weighted by Gasteiger charge is 1.91. The van der Waals surface area contributed by atoms with Crippen molar-refractivity contribution in [1.82, 2.24) is 10.6 Å². The van der Waals surface area contributed by atoms with Crippen molar-refractivity contribution in [2.75, 3.05) is 32.8 Å². The smallest absolute Gasteiger partial charge is 0.119 e. The van der Waals surface area contributed by atoms with Crippen LogP contribution in [0.2, 0.25) is 0 Å². The molecule has 0 saturated carbocycles. The van der Waals surface area contributed by atoms with Gasteiger partial charge >= 0.3 is 0 Å². The lowest BCUT2D eigenvalue weighted by atomic mass is 10.3. The molecular weight excluding hydrogens is 212 g/mol. The summed E-state index contributed by atoms with van der Waals surface area (Å²) in [6, 6.07) is 9.93. The van der Waals surface area contributed by atoms with Crippen LogP contribution in [0.4, 0.5) is 0 Å². The second kappa shape index (κ2) is 10.1. The third kappa shape index (κ3) is 7.77. The monoisotopic (exact) mass is 236 g/mol. The van der Waals surface area contributed by atoms with E-state index in [9.17, 15) is 0 Å². The number of para-hydroxylation sites is 1. The largest absolute Gasteiger partial charge is 0.492 e. The first-order valence-corrected chi connectivity index (χ1v) is 6.52. The molecule has 0 aliphatic heterocycles. The van der Waals surface area contributed by atoms with Crippen LogP contribution in [0.3, 0.4) is 0 Å². The molecule has 3 heteroatoms. The lowest BCUT2D eigenvalue weighted by Crippen LogP contribution is -2.25. The van der Waals surface area contributed by atoms with E-state index in [1.807, 2.05) is 30.3 Å². The molecule has 0 saturated heterocycles. The fraction of sp³-hybridized carbons (Fsp3) is 0.571. The summed E-state index contributed by atoms with van der Waals surface area (Å²) < 4.78 is 5.57. The molecule has 0 aromatic heterocycles. The Morgan fingerprint density at radius 1 is 0.941 bits per heavy atom. The van der Waals surface area contributed by atoms with Crippen LogP contribution in [0, 0.1) is 0 Å². The van der Waals surface area contributed by atoms with Crippen LogP contribution in [-0.2, 0) is 0 Å². The Labute approximate surface area is 105 Å². The van der Waals surface area contributed by atoms with Crippen LogP contribution in [-0.4, -0.2) is 32.8 Å². The van der Waals surface area contributed by atoms with Crippen molar-refractivity contribution in [1.29, 1.82) is 0 Å².